The second kappa shape index (κ2) is 9.93. The fourth-order valence-electron chi connectivity index (χ4n) is 4.32. The van der Waals surface area contributed by atoms with Crippen LogP contribution in [0.15, 0.2) is 42.5 Å². The number of halogens is 3. The molecule has 2 aliphatic rings. The van der Waals surface area contributed by atoms with Crippen molar-refractivity contribution in [2.45, 2.75) is 6.18 Å². The number of ether oxygens (including phenoxy) is 2. The van der Waals surface area contributed by atoms with Gasteiger partial charge in [-0.2, -0.15) is 13.2 Å². The van der Waals surface area contributed by atoms with Crippen molar-refractivity contribution in [2.24, 2.45) is 0 Å². The van der Waals surface area contributed by atoms with Gasteiger partial charge < -0.3 is 24.2 Å². The summed E-state index contributed by atoms with van der Waals surface area (Å²) in [6.07, 6.45) is -4.40. The van der Waals surface area contributed by atoms with Crippen LogP contribution in [0.4, 0.5) is 29.3 Å². The lowest BCUT2D eigenvalue weighted by atomic mass is 10.1. The molecule has 0 atom stereocenters. The van der Waals surface area contributed by atoms with Crippen LogP contribution in [0.2, 0.25) is 0 Å². The summed E-state index contributed by atoms with van der Waals surface area (Å²) in [6, 6.07) is 10.1. The van der Waals surface area contributed by atoms with Crippen LogP contribution in [0.1, 0.15) is 5.56 Å². The zero-order valence-corrected chi connectivity index (χ0v) is 19.5. The lowest BCUT2D eigenvalue weighted by Crippen LogP contribution is -2.51. The topological polar surface area (TPSA) is 65.6 Å². The summed E-state index contributed by atoms with van der Waals surface area (Å²) in [4.78, 5) is 32.4. The molecular formula is C24H27F3N4O4. The molecule has 8 nitrogen and oxygen atoms in total. The van der Waals surface area contributed by atoms with E-state index in [-0.39, 0.29) is 18.5 Å². The SMILES string of the molecule is COc1ccc(N2CCN(CC(=O)N3CCN(c4cccc(C(F)(F)F)c4)CC3)C2=O)cc1OC. The molecule has 2 saturated heterocycles. The van der Waals surface area contributed by atoms with E-state index >= 15 is 0 Å². The van der Waals surface area contributed by atoms with Crippen LogP contribution < -0.4 is 19.3 Å². The Morgan fingerprint density at radius 2 is 1.60 bits per heavy atom. The summed E-state index contributed by atoms with van der Waals surface area (Å²) in [7, 11) is 3.05. The first kappa shape index (κ1) is 24.5. The number of alkyl halides is 3. The highest BCUT2D eigenvalue weighted by atomic mass is 19.4. The van der Waals surface area contributed by atoms with Crippen LogP contribution in [0.25, 0.3) is 0 Å². The van der Waals surface area contributed by atoms with Gasteiger partial charge >= 0.3 is 12.2 Å². The van der Waals surface area contributed by atoms with Crippen molar-refractivity contribution >= 4 is 23.3 Å². The average Bonchev–Trinajstić information content (AvgIpc) is 3.22. The summed E-state index contributed by atoms with van der Waals surface area (Å²) in [5.41, 5.74) is 0.435. The van der Waals surface area contributed by atoms with Crippen LogP contribution in [0.3, 0.4) is 0 Å². The number of benzene rings is 2. The predicted molar refractivity (Wildman–Crippen MR) is 124 cm³/mol. The number of rotatable bonds is 6. The van der Waals surface area contributed by atoms with Gasteiger partial charge in [-0.15, -0.1) is 0 Å². The molecule has 0 bridgehead atoms. The highest BCUT2D eigenvalue weighted by Crippen LogP contribution is 2.33. The molecule has 0 aromatic heterocycles. The molecule has 0 aliphatic carbocycles. The molecule has 2 heterocycles. The van der Waals surface area contributed by atoms with Crippen molar-refractivity contribution in [1.82, 2.24) is 9.80 Å². The molecule has 0 saturated carbocycles. The Bertz CT molecular complexity index is 1090. The van der Waals surface area contributed by atoms with Gasteiger partial charge in [0.15, 0.2) is 11.5 Å². The minimum atomic E-state index is -4.40. The van der Waals surface area contributed by atoms with Crippen LogP contribution in [-0.2, 0) is 11.0 Å². The number of amides is 3. The fraction of sp³-hybridized carbons (Fsp3) is 0.417. The molecule has 0 N–H and O–H groups in total. The monoisotopic (exact) mass is 492 g/mol. The maximum absolute atomic E-state index is 13.0. The molecule has 0 unspecified atom stereocenters. The van der Waals surface area contributed by atoms with Gasteiger partial charge in [0, 0.05) is 56.7 Å². The van der Waals surface area contributed by atoms with Crippen molar-refractivity contribution in [3.8, 4) is 11.5 Å². The Kier molecular flexibility index (Phi) is 6.95. The molecule has 2 aromatic carbocycles. The number of hydrogen-bond donors (Lipinski definition) is 0. The summed E-state index contributed by atoms with van der Waals surface area (Å²) in [6.45, 7) is 2.37. The van der Waals surface area contributed by atoms with Gasteiger partial charge in [-0.3, -0.25) is 9.69 Å². The number of piperazine rings is 1. The maximum Gasteiger partial charge on any atom is 0.416 e. The Morgan fingerprint density at radius 3 is 2.26 bits per heavy atom. The van der Waals surface area contributed by atoms with E-state index < -0.39 is 11.7 Å². The number of nitrogens with zero attached hydrogens (tertiary/aromatic N) is 4. The van der Waals surface area contributed by atoms with Crippen molar-refractivity contribution in [1.29, 1.82) is 0 Å². The molecule has 188 valence electrons. The number of hydrogen-bond acceptors (Lipinski definition) is 5. The van der Waals surface area contributed by atoms with Gasteiger partial charge in [-0.05, 0) is 30.3 Å². The van der Waals surface area contributed by atoms with Gasteiger partial charge in [-0.25, -0.2) is 4.79 Å². The third-order valence-electron chi connectivity index (χ3n) is 6.27. The van der Waals surface area contributed by atoms with Gasteiger partial charge in [0.25, 0.3) is 0 Å². The van der Waals surface area contributed by atoms with Crippen LogP contribution in [0, 0.1) is 0 Å². The second-order valence-corrected chi connectivity index (χ2v) is 8.31. The summed E-state index contributed by atoms with van der Waals surface area (Å²) < 4.78 is 49.6. The van der Waals surface area contributed by atoms with Gasteiger partial charge in [0.2, 0.25) is 5.91 Å². The molecule has 4 rings (SSSR count). The van der Waals surface area contributed by atoms with E-state index in [1.807, 2.05) is 4.90 Å². The number of anilines is 2. The van der Waals surface area contributed by atoms with E-state index in [9.17, 15) is 22.8 Å². The molecular weight excluding hydrogens is 465 g/mol. The summed E-state index contributed by atoms with van der Waals surface area (Å²) in [5.74, 6) is 0.876. The number of carbonyl (C=O) groups is 2. The molecule has 35 heavy (non-hydrogen) atoms. The Labute approximate surface area is 201 Å². The molecule has 11 heteroatoms. The molecule has 3 amide bonds. The zero-order valence-electron chi connectivity index (χ0n) is 19.5. The van der Waals surface area contributed by atoms with E-state index in [1.165, 1.54) is 25.2 Å². The smallest absolute Gasteiger partial charge is 0.416 e. The molecule has 0 radical (unpaired) electrons. The summed E-state index contributed by atoms with van der Waals surface area (Å²) >= 11 is 0. The van der Waals surface area contributed by atoms with Gasteiger partial charge in [-0.1, -0.05) is 6.07 Å². The highest BCUT2D eigenvalue weighted by molar-refractivity contribution is 5.96. The first-order valence-corrected chi connectivity index (χ1v) is 11.2. The third kappa shape index (κ3) is 5.23. The normalized spacial score (nSPS) is 16.7. The van der Waals surface area contributed by atoms with Crippen LogP contribution >= 0.6 is 0 Å². The molecule has 2 fully saturated rings. The van der Waals surface area contributed by atoms with E-state index in [0.717, 1.165) is 12.1 Å². The highest BCUT2D eigenvalue weighted by Gasteiger charge is 2.34. The van der Waals surface area contributed by atoms with Crippen molar-refractivity contribution in [2.75, 3.05) is 69.8 Å². The van der Waals surface area contributed by atoms with E-state index in [4.69, 9.17) is 9.47 Å². The third-order valence-corrected chi connectivity index (χ3v) is 6.27. The molecule has 0 spiro atoms. The molecule has 2 aromatic rings. The Morgan fingerprint density at radius 1 is 0.886 bits per heavy atom. The predicted octanol–water partition coefficient (Wildman–Crippen LogP) is 3.31. The minimum absolute atomic E-state index is 0.0494. The first-order chi connectivity index (χ1) is 16.7. The Balaban J connectivity index is 1.33. The quantitative estimate of drug-likeness (QED) is 0.619. The number of carbonyl (C=O) groups excluding carboxylic acids is 2. The molecule has 2 aliphatic heterocycles. The first-order valence-electron chi connectivity index (χ1n) is 11.2. The Hall–Kier alpha value is -3.63. The van der Waals surface area contributed by atoms with Crippen LogP contribution in [0.5, 0.6) is 11.5 Å². The van der Waals surface area contributed by atoms with E-state index in [1.54, 1.807) is 34.1 Å². The van der Waals surface area contributed by atoms with Crippen molar-refractivity contribution in [3.05, 3.63) is 48.0 Å². The van der Waals surface area contributed by atoms with E-state index in [2.05, 4.69) is 0 Å². The summed E-state index contributed by atoms with van der Waals surface area (Å²) in [5, 5.41) is 0. The average molecular weight is 492 g/mol. The van der Waals surface area contributed by atoms with E-state index in [0.29, 0.717) is 62.1 Å². The number of urea groups is 1. The lowest BCUT2D eigenvalue weighted by Gasteiger charge is -2.37. The minimum Gasteiger partial charge on any atom is -0.493 e. The zero-order chi connectivity index (χ0) is 25.2. The standard InChI is InChI=1S/C24H27F3N4O4/c1-34-20-7-6-19(15-21(20)35-2)31-13-12-30(23(31)33)16-22(32)29-10-8-28(9-11-29)18-5-3-4-17(14-18)24(25,26)27/h3-7,14-15H,8-13,16H2,1-2H3. The van der Waals surface area contributed by atoms with Gasteiger partial charge in [0.05, 0.1) is 19.8 Å². The largest absolute Gasteiger partial charge is 0.493 e. The lowest BCUT2D eigenvalue weighted by molar-refractivity contribution is -0.137. The van der Waals surface area contributed by atoms with Crippen molar-refractivity contribution < 1.29 is 32.2 Å². The maximum atomic E-state index is 13.0. The van der Waals surface area contributed by atoms with Crippen molar-refractivity contribution in [3.63, 3.8) is 0 Å². The fourth-order valence-corrected chi connectivity index (χ4v) is 4.32. The van der Waals surface area contributed by atoms with Gasteiger partial charge in [0.1, 0.15) is 6.54 Å². The second-order valence-electron chi connectivity index (χ2n) is 8.31. The van der Waals surface area contributed by atoms with Crippen LogP contribution in [-0.4, -0.2) is 81.8 Å². The number of methoxy groups -OCH3 is 2.